The largest absolute Gasteiger partial charge is 0.493 e. The standard InChI is InChI=1S/C22H27NO8S/c1-27-17-8-6-15(12-18(17)28-2)10-11-23-32(25,26)20-14-16(7-9-21(24)30-4)13-19(29-3)22(20)31-5/h6-9,12-14,23H,10-11H2,1-5H3/b9-7+. The molecule has 0 unspecified atom stereocenters. The van der Waals surface area contributed by atoms with Crippen LogP contribution < -0.4 is 23.7 Å². The molecule has 0 radical (unpaired) electrons. The van der Waals surface area contributed by atoms with E-state index in [9.17, 15) is 13.2 Å². The highest BCUT2D eigenvalue weighted by Gasteiger charge is 2.23. The normalized spacial score (nSPS) is 11.3. The number of benzene rings is 2. The van der Waals surface area contributed by atoms with Crippen LogP contribution in [0.2, 0.25) is 0 Å². The molecule has 0 aliphatic carbocycles. The molecular formula is C22H27NO8S. The molecule has 2 aromatic carbocycles. The van der Waals surface area contributed by atoms with Crippen molar-refractivity contribution in [2.24, 2.45) is 0 Å². The Morgan fingerprint density at radius 1 is 0.906 bits per heavy atom. The van der Waals surface area contributed by atoms with Gasteiger partial charge >= 0.3 is 5.97 Å². The van der Waals surface area contributed by atoms with E-state index in [1.807, 2.05) is 6.07 Å². The van der Waals surface area contributed by atoms with Gasteiger partial charge in [0.2, 0.25) is 10.0 Å². The van der Waals surface area contributed by atoms with Crippen molar-refractivity contribution in [2.45, 2.75) is 11.3 Å². The molecule has 0 heterocycles. The Bertz CT molecular complexity index is 1080. The van der Waals surface area contributed by atoms with Crippen molar-refractivity contribution in [1.82, 2.24) is 4.72 Å². The lowest BCUT2D eigenvalue weighted by atomic mass is 10.1. The third kappa shape index (κ3) is 6.14. The number of esters is 1. The van der Waals surface area contributed by atoms with E-state index in [1.165, 1.54) is 46.7 Å². The summed E-state index contributed by atoms with van der Waals surface area (Å²) in [5.74, 6) is 0.841. The highest BCUT2D eigenvalue weighted by molar-refractivity contribution is 7.89. The van der Waals surface area contributed by atoms with Gasteiger partial charge in [0.25, 0.3) is 0 Å². The maximum absolute atomic E-state index is 13.0. The van der Waals surface area contributed by atoms with Crippen molar-refractivity contribution in [3.05, 3.63) is 47.5 Å². The van der Waals surface area contributed by atoms with Crippen LogP contribution in [-0.4, -0.2) is 56.5 Å². The number of hydrogen-bond acceptors (Lipinski definition) is 8. The van der Waals surface area contributed by atoms with Gasteiger partial charge in [0.15, 0.2) is 23.0 Å². The summed E-state index contributed by atoms with van der Waals surface area (Å²) < 4.78 is 54.3. The minimum absolute atomic E-state index is 0.0568. The second kappa shape index (κ2) is 11.4. The second-order valence-corrected chi connectivity index (χ2v) is 8.18. The van der Waals surface area contributed by atoms with E-state index in [0.29, 0.717) is 23.5 Å². The summed E-state index contributed by atoms with van der Waals surface area (Å²) in [4.78, 5) is 11.3. The van der Waals surface area contributed by atoms with Gasteiger partial charge in [-0.1, -0.05) is 6.07 Å². The van der Waals surface area contributed by atoms with Crippen molar-refractivity contribution < 1.29 is 36.9 Å². The summed E-state index contributed by atoms with van der Waals surface area (Å²) in [5, 5.41) is 0. The maximum Gasteiger partial charge on any atom is 0.330 e. The quantitative estimate of drug-likeness (QED) is 0.398. The van der Waals surface area contributed by atoms with Crippen LogP contribution in [0.15, 0.2) is 41.3 Å². The highest BCUT2D eigenvalue weighted by Crippen LogP contribution is 2.36. The number of carbonyl (C=O) groups is 1. The van der Waals surface area contributed by atoms with Gasteiger partial charge in [-0.2, -0.15) is 0 Å². The lowest BCUT2D eigenvalue weighted by molar-refractivity contribution is -0.134. The Morgan fingerprint density at radius 2 is 1.59 bits per heavy atom. The van der Waals surface area contributed by atoms with E-state index in [2.05, 4.69) is 9.46 Å². The molecule has 0 saturated carbocycles. The van der Waals surface area contributed by atoms with Gasteiger partial charge in [-0.3, -0.25) is 0 Å². The molecule has 1 N–H and O–H groups in total. The summed E-state index contributed by atoms with van der Waals surface area (Å²) in [7, 11) is 3.11. The second-order valence-electron chi connectivity index (χ2n) is 6.45. The summed E-state index contributed by atoms with van der Waals surface area (Å²) in [6.45, 7) is 0.130. The molecule has 2 rings (SSSR count). The van der Waals surface area contributed by atoms with Crippen molar-refractivity contribution in [3.8, 4) is 23.0 Å². The zero-order chi connectivity index (χ0) is 23.7. The van der Waals surface area contributed by atoms with E-state index >= 15 is 0 Å². The van der Waals surface area contributed by atoms with Gasteiger partial charge in [0.1, 0.15) is 4.90 Å². The fourth-order valence-electron chi connectivity index (χ4n) is 2.92. The summed E-state index contributed by atoms with van der Waals surface area (Å²) in [6.07, 6.45) is 3.03. The molecule has 0 amide bonds. The van der Waals surface area contributed by atoms with E-state index < -0.39 is 16.0 Å². The van der Waals surface area contributed by atoms with Crippen LogP contribution in [0.4, 0.5) is 0 Å². The molecule has 0 aliphatic heterocycles. The SMILES string of the molecule is COC(=O)/C=C/c1cc(OC)c(OC)c(S(=O)(=O)NCCc2ccc(OC)c(OC)c2)c1. The Morgan fingerprint density at radius 3 is 2.19 bits per heavy atom. The van der Waals surface area contributed by atoms with Gasteiger partial charge < -0.3 is 23.7 Å². The average molecular weight is 466 g/mol. The molecule has 0 atom stereocenters. The Balaban J connectivity index is 2.28. The van der Waals surface area contributed by atoms with Gasteiger partial charge in [0, 0.05) is 12.6 Å². The van der Waals surface area contributed by atoms with Crippen molar-refractivity contribution in [1.29, 1.82) is 0 Å². The highest BCUT2D eigenvalue weighted by atomic mass is 32.2. The number of nitrogens with one attached hydrogen (secondary N) is 1. The smallest absolute Gasteiger partial charge is 0.330 e. The van der Waals surface area contributed by atoms with Gasteiger partial charge in [0.05, 0.1) is 35.5 Å². The first-order valence-electron chi connectivity index (χ1n) is 9.52. The fourth-order valence-corrected chi connectivity index (χ4v) is 4.17. The number of sulfonamides is 1. The molecule has 9 nitrogen and oxygen atoms in total. The monoisotopic (exact) mass is 465 g/mol. The first-order chi connectivity index (χ1) is 15.3. The number of carbonyl (C=O) groups excluding carboxylic acids is 1. The number of methoxy groups -OCH3 is 5. The number of hydrogen-bond donors (Lipinski definition) is 1. The third-order valence-electron chi connectivity index (χ3n) is 4.52. The molecule has 32 heavy (non-hydrogen) atoms. The van der Waals surface area contributed by atoms with E-state index in [4.69, 9.17) is 18.9 Å². The molecule has 0 fully saturated rings. The minimum atomic E-state index is -3.96. The van der Waals surface area contributed by atoms with Crippen molar-refractivity contribution in [2.75, 3.05) is 42.1 Å². The Hall–Kier alpha value is -3.24. The van der Waals surface area contributed by atoms with Crippen molar-refractivity contribution >= 4 is 22.1 Å². The topological polar surface area (TPSA) is 109 Å². The molecule has 0 aromatic heterocycles. The van der Waals surface area contributed by atoms with Gasteiger partial charge in [-0.25, -0.2) is 17.9 Å². The van der Waals surface area contributed by atoms with Crippen LogP contribution >= 0.6 is 0 Å². The maximum atomic E-state index is 13.0. The predicted octanol–water partition coefficient (Wildman–Crippen LogP) is 2.43. The number of rotatable bonds is 11. The average Bonchev–Trinajstić information content (AvgIpc) is 2.81. The molecule has 2 aromatic rings. The summed E-state index contributed by atoms with van der Waals surface area (Å²) in [5.41, 5.74) is 1.29. The van der Waals surface area contributed by atoms with Gasteiger partial charge in [-0.15, -0.1) is 0 Å². The zero-order valence-electron chi connectivity index (χ0n) is 18.6. The third-order valence-corrected chi connectivity index (χ3v) is 5.99. The summed E-state index contributed by atoms with van der Waals surface area (Å²) in [6, 6.07) is 8.32. The van der Waals surface area contributed by atoms with E-state index in [0.717, 1.165) is 5.56 Å². The molecule has 174 valence electrons. The molecule has 0 spiro atoms. The van der Waals surface area contributed by atoms with Crippen LogP contribution in [0, 0.1) is 0 Å². The Kier molecular flexibility index (Phi) is 8.91. The molecule has 0 aliphatic rings. The first kappa shape index (κ1) is 25.0. The molecule has 10 heteroatoms. The Labute approximate surface area is 187 Å². The zero-order valence-corrected chi connectivity index (χ0v) is 19.4. The van der Waals surface area contributed by atoms with E-state index in [1.54, 1.807) is 25.3 Å². The number of ether oxygens (including phenoxy) is 5. The molecule has 0 bridgehead atoms. The van der Waals surface area contributed by atoms with Gasteiger partial charge in [-0.05, 0) is 47.9 Å². The minimum Gasteiger partial charge on any atom is -0.493 e. The fraction of sp³-hybridized carbons (Fsp3) is 0.318. The van der Waals surface area contributed by atoms with Crippen LogP contribution in [0.25, 0.3) is 6.08 Å². The van der Waals surface area contributed by atoms with Crippen LogP contribution in [0.3, 0.4) is 0 Å². The summed E-state index contributed by atoms with van der Waals surface area (Å²) >= 11 is 0. The van der Waals surface area contributed by atoms with E-state index in [-0.39, 0.29) is 22.9 Å². The predicted molar refractivity (Wildman–Crippen MR) is 119 cm³/mol. The van der Waals surface area contributed by atoms with Crippen LogP contribution in [0.1, 0.15) is 11.1 Å². The lowest BCUT2D eigenvalue weighted by Crippen LogP contribution is -2.26. The molecule has 0 saturated heterocycles. The molecular weight excluding hydrogens is 438 g/mol. The first-order valence-corrected chi connectivity index (χ1v) is 11.0. The van der Waals surface area contributed by atoms with Crippen LogP contribution in [-0.2, 0) is 26.0 Å². The van der Waals surface area contributed by atoms with Crippen LogP contribution in [0.5, 0.6) is 23.0 Å². The van der Waals surface area contributed by atoms with Crippen molar-refractivity contribution in [3.63, 3.8) is 0 Å². The lowest BCUT2D eigenvalue weighted by Gasteiger charge is -2.15.